The smallest absolute Gasteiger partial charge is 0.462 e. The number of esters is 4. The third kappa shape index (κ3) is 66.7. The van der Waals surface area contributed by atoms with Gasteiger partial charge in [0, 0.05) is 25.7 Å². The van der Waals surface area contributed by atoms with E-state index in [1.807, 2.05) is 0 Å². The summed E-state index contributed by atoms with van der Waals surface area (Å²) >= 11 is 0. The van der Waals surface area contributed by atoms with Crippen molar-refractivity contribution in [3.8, 4) is 0 Å². The van der Waals surface area contributed by atoms with Crippen LogP contribution in [0.25, 0.3) is 0 Å². The first-order valence-corrected chi connectivity index (χ1v) is 41.3. The molecule has 5 atom stereocenters. The highest BCUT2D eigenvalue weighted by molar-refractivity contribution is 7.47. The van der Waals surface area contributed by atoms with Crippen LogP contribution in [0.4, 0.5) is 0 Å². The molecule has 92 heavy (non-hydrogen) atoms. The van der Waals surface area contributed by atoms with Gasteiger partial charge < -0.3 is 33.8 Å². The maximum atomic E-state index is 13.1. The zero-order chi connectivity index (χ0) is 67.5. The molecule has 0 aliphatic carbocycles. The minimum Gasteiger partial charge on any atom is -0.462 e. The number of hydrogen-bond donors (Lipinski definition) is 3. The number of phosphoric ester groups is 2. The maximum absolute atomic E-state index is 13.1. The highest BCUT2D eigenvalue weighted by atomic mass is 31.2. The third-order valence-corrected chi connectivity index (χ3v) is 19.0. The number of hydrogen-bond acceptors (Lipinski definition) is 15. The normalized spacial score (nSPS) is 13.9. The van der Waals surface area contributed by atoms with Crippen molar-refractivity contribution in [1.82, 2.24) is 0 Å². The van der Waals surface area contributed by atoms with Crippen molar-refractivity contribution >= 4 is 39.5 Å². The number of carbonyl (C=O) groups is 4. The fourth-order valence-electron chi connectivity index (χ4n) is 11.2. The Kier molecular flexibility index (Phi) is 66.2. The van der Waals surface area contributed by atoms with Crippen molar-refractivity contribution < 1.29 is 80.2 Å². The van der Waals surface area contributed by atoms with Gasteiger partial charge in [0.2, 0.25) is 0 Å². The van der Waals surface area contributed by atoms with E-state index in [1.54, 1.807) is 0 Å². The second-order valence-electron chi connectivity index (χ2n) is 26.3. The van der Waals surface area contributed by atoms with E-state index in [2.05, 4.69) is 27.7 Å². The van der Waals surface area contributed by atoms with Crippen LogP contribution in [0.3, 0.4) is 0 Å². The standard InChI is InChI=1S/C73H142O17P2/c1-5-9-13-17-21-25-27-29-31-33-35-37-39-43-46-50-54-58-71(76)84-64-69(90-73(78)60-56-52-48-44-40-38-36-34-32-30-28-26-22-18-14-10-6-2)66-88-92(81,82)86-62-67(74)61-85-91(79,80)87-65-68(89-72(77)59-55-51-47-42-24-20-16-12-8-4)63-83-70(75)57-53-49-45-41-23-19-15-11-7-3/h67-69,74H,5-66H2,1-4H3,(H,79,80)(H,81,82)/t67-,68+,69+/m0/s1. The lowest BCUT2D eigenvalue weighted by Crippen LogP contribution is -2.30. The van der Waals surface area contributed by atoms with Gasteiger partial charge in [0.15, 0.2) is 12.2 Å². The van der Waals surface area contributed by atoms with E-state index in [0.717, 1.165) is 89.9 Å². The summed E-state index contributed by atoms with van der Waals surface area (Å²) in [7, 11) is -9.90. The van der Waals surface area contributed by atoms with Crippen molar-refractivity contribution in [3.63, 3.8) is 0 Å². The van der Waals surface area contributed by atoms with Gasteiger partial charge in [0.05, 0.1) is 26.4 Å². The lowest BCUT2D eigenvalue weighted by atomic mass is 10.0. The molecule has 0 saturated heterocycles. The fraction of sp³-hybridized carbons (Fsp3) is 0.945. The average molecular weight is 1350 g/mol. The summed E-state index contributed by atoms with van der Waals surface area (Å²) in [4.78, 5) is 72.6. The topological polar surface area (TPSA) is 237 Å². The Bertz CT molecular complexity index is 1760. The van der Waals surface area contributed by atoms with Crippen molar-refractivity contribution in [3.05, 3.63) is 0 Å². The molecule has 0 spiro atoms. The molecule has 0 aromatic carbocycles. The van der Waals surface area contributed by atoms with Gasteiger partial charge in [0.25, 0.3) is 0 Å². The van der Waals surface area contributed by atoms with Crippen LogP contribution in [-0.2, 0) is 65.4 Å². The molecular weight excluding hydrogens is 1210 g/mol. The predicted molar refractivity (Wildman–Crippen MR) is 372 cm³/mol. The zero-order valence-corrected chi connectivity index (χ0v) is 61.3. The van der Waals surface area contributed by atoms with Crippen molar-refractivity contribution in [2.45, 2.75) is 406 Å². The molecule has 17 nitrogen and oxygen atoms in total. The Morgan fingerprint density at radius 3 is 0.641 bits per heavy atom. The monoisotopic (exact) mass is 1350 g/mol. The summed E-state index contributed by atoms with van der Waals surface area (Å²) in [6.07, 6.45) is 56.9. The lowest BCUT2D eigenvalue weighted by Gasteiger charge is -2.21. The molecular formula is C73H142O17P2. The van der Waals surface area contributed by atoms with Crippen LogP contribution in [0.2, 0.25) is 0 Å². The summed E-state index contributed by atoms with van der Waals surface area (Å²) in [5.41, 5.74) is 0. The Morgan fingerprint density at radius 2 is 0.435 bits per heavy atom. The van der Waals surface area contributed by atoms with Crippen molar-refractivity contribution in [2.75, 3.05) is 39.6 Å². The molecule has 0 aliphatic rings. The fourth-order valence-corrected chi connectivity index (χ4v) is 12.8. The van der Waals surface area contributed by atoms with Gasteiger partial charge in [0.1, 0.15) is 19.3 Å². The number of unbranched alkanes of at least 4 members (excludes halogenated alkanes) is 48. The van der Waals surface area contributed by atoms with Crippen LogP contribution in [0.1, 0.15) is 387 Å². The summed E-state index contributed by atoms with van der Waals surface area (Å²) in [6.45, 7) is 4.94. The molecule has 19 heteroatoms. The number of phosphoric acid groups is 2. The first-order chi connectivity index (χ1) is 44.7. The molecule has 0 fully saturated rings. The Balaban J connectivity index is 5.19. The van der Waals surface area contributed by atoms with E-state index >= 15 is 0 Å². The number of ether oxygens (including phenoxy) is 4. The summed E-state index contributed by atoms with van der Waals surface area (Å²) in [5.74, 6) is -2.12. The van der Waals surface area contributed by atoms with E-state index in [1.165, 1.54) is 218 Å². The van der Waals surface area contributed by atoms with Gasteiger partial charge in [-0.15, -0.1) is 0 Å². The molecule has 0 saturated carbocycles. The van der Waals surface area contributed by atoms with E-state index in [0.29, 0.717) is 25.7 Å². The van der Waals surface area contributed by atoms with E-state index in [4.69, 9.17) is 37.0 Å². The van der Waals surface area contributed by atoms with Crippen LogP contribution in [0.5, 0.6) is 0 Å². The number of rotatable bonds is 74. The first kappa shape index (κ1) is 90.1. The minimum atomic E-state index is -4.95. The molecule has 0 aromatic rings. The van der Waals surface area contributed by atoms with Crippen LogP contribution in [0.15, 0.2) is 0 Å². The molecule has 0 radical (unpaired) electrons. The van der Waals surface area contributed by atoms with Crippen molar-refractivity contribution in [2.24, 2.45) is 0 Å². The molecule has 0 amide bonds. The second kappa shape index (κ2) is 67.6. The number of aliphatic hydroxyl groups excluding tert-OH is 1. The summed E-state index contributed by atoms with van der Waals surface area (Å²) in [5, 5.41) is 10.6. The molecule has 0 bridgehead atoms. The first-order valence-electron chi connectivity index (χ1n) is 38.3. The quantitative estimate of drug-likeness (QED) is 0.0222. The van der Waals surface area contributed by atoms with Gasteiger partial charge in [-0.1, -0.05) is 336 Å². The molecule has 0 aliphatic heterocycles. The molecule has 3 N–H and O–H groups in total. The molecule has 2 unspecified atom stereocenters. The van der Waals surface area contributed by atoms with Crippen LogP contribution in [0, 0.1) is 0 Å². The van der Waals surface area contributed by atoms with Crippen LogP contribution >= 0.6 is 15.6 Å². The van der Waals surface area contributed by atoms with Gasteiger partial charge in [-0.25, -0.2) is 9.13 Å². The average Bonchev–Trinajstić information content (AvgIpc) is 1.79. The van der Waals surface area contributed by atoms with Gasteiger partial charge in [-0.3, -0.25) is 37.3 Å². The van der Waals surface area contributed by atoms with Gasteiger partial charge in [-0.2, -0.15) is 0 Å². The molecule has 0 heterocycles. The highest BCUT2D eigenvalue weighted by Gasteiger charge is 2.30. The molecule has 0 rings (SSSR count). The summed E-state index contributed by atoms with van der Waals surface area (Å²) < 4.78 is 68.3. The van der Waals surface area contributed by atoms with Crippen LogP contribution in [-0.4, -0.2) is 96.7 Å². The number of aliphatic hydroxyl groups is 1. The number of carbonyl (C=O) groups excluding carboxylic acids is 4. The SMILES string of the molecule is CCCCCCCCCCCCCCCCCCCC(=O)OC[C@H](COP(=O)(O)OC[C@@H](O)COP(=O)(O)OC[C@@H](COC(=O)CCCCCCCCCCC)OC(=O)CCCCCCCCCCC)OC(=O)CCCCCCCCCCCCCCCCCCC. The third-order valence-electron chi connectivity index (χ3n) is 17.1. The van der Waals surface area contributed by atoms with Gasteiger partial charge >= 0.3 is 39.5 Å². The summed E-state index contributed by atoms with van der Waals surface area (Å²) in [6, 6.07) is 0. The highest BCUT2D eigenvalue weighted by Crippen LogP contribution is 2.45. The molecule has 0 aromatic heterocycles. The lowest BCUT2D eigenvalue weighted by molar-refractivity contribution is -0.161. The second-order valence-corrected chi connectivity index (χ2v) is 29.2. The van der Waals surface area contributed by atoms with Crippen LogP contribution < -0.4 is 0 Å². The maximum Gasteiger partial charge on any atom is 0.472 e. The Morgan fingerprint density at radius 1 is 0.261 bits per heavy atom. The van der Waals surface area contributed by atoms with Crippen molar-refractivity contribution in [1.29, 1.82) is 0 Å². The van der Waals surface area contributed by atoms with E-state index in [-0.39, 0.29) is 25.7 Å². The van der Waals surface area contributed by atoms with E-state index < -0.39 is 97.5 Å². The molecule has 546 valence electrons. The van der Waals surface area contributed by atoms with Gasteiger partial charge in [-0.05, 0) is 25.7 Å². The minimum absolute atomic E-state index is 0.106. The zero-order valence-electron chi connectivity index (χ0n) is 59.5. The Hall–Kier alpha value is -1.94. The largest absolute Gasteiger partial charge is 0.472 e. The Labute approximate surface area is 562 Å². The predicted octanol–water partition coefficient (Wildman–Crippen LogP) is 21.4. The van der Waals surface area contributed by atoms with E-state index in [9.17, 15) is 43.2 Å².